The Morgan fingerprint density at radius 2 is 1.40 bits per heavy atom. The van der Waals surface area contributed by atoms with Gasteiger partial charge < -0.3 is 19.7 Å². The molecule has 9 heteroatoms. The molecule has 0 radical (unpaired) electrons. The van der Waals surface area contributed by atoms with Crippen molar-refractivity contribution in [3.05, 3.63) is 136 Å². The Bertz CT molecular complexity index is 1600. The minimum absolute atomic E-state index is 0.0372. The number of imide groups is 1. The molecular formula is C34H29NO7S. The van der Waals surface area contributed by atoms with Crippen LogP contribution in [0, 0.1) is 0 Å². The number of nitrogens with zero attached hydrogens (tertiary/aromatic N) is 1. The third kappa shape index (κ3) is 6.25. The number of hydrogen-bond donors (Lipinski definition) is 2. The van der Waals surface area contributed by atoms with Crippen LogP contribution in [-0.4, -0.2) is 44.8 Å². The molecule has 218 valence electrons. The largest absolute Gasteiger partial charge is 0.478 e. The molecule has 1 fully saturated rings. The fourth-order valence-corrected chi connectivity index (χ4v) is 6.17. The highest BCUT2D eigenvalue weighted by molar-refractivity contribution is 7.99. The van der Waals surface area contributed by atoms with Gasteiger partial charge in [-0.05, 0) is 53.1 Å². The first-order valence-corrected chi connectivity index (χ1v) is 14.9. The van der Waals surface area contributed by atoms with Gasteiger partial charge in [0.05, 0.1) is 42.0 Å². The second kappa shape index (κ2) is 12.5. The van der Waals surface area contributed by atoms with Crippen LogP contribution in [0.15, 0.2) is 102 Å². The van der Waals surface area contributed by atoms with E-state index in [4.69, 9.17) is 9.47 Å². The zero-order valence-electron chi connectivity index (χ0n) is 23.1. The lowest BCUT2D eigenvalue weighted by molar-refractivity contribution is -0.245. The predicted octanol–water partition coefficient (Wildman–Crippen LogP) is 6.01. The van der Waals surface area contributed by atoms with Gasteiger partial charge in [0, 0.05) is 22.6 Å². The molecule has 4 aromatic rings. The molecule has 2 amide bonds. The SMILES string of the molecule is O=C(O)c1ccc(SCC2CC(c3ccc(CO)cc3)OC(c3ccc(CN4C(=O)c5ccccc5C4=O)cc3)O2)cc1. The second-order valence-electron chi connectivity index (χ2n) is 10.5. The smallest absolute Gasteiger partial charge is 0.335 e. The molecule has 1 saturated heterocycles. The number of aliphatic hydroxyl groups is 1. The van der Waals surface area contributed by atoms with E-state index in [1.807, 2.05) is 48.5 Å². The van der Waals surface area contributed by atoms with Gasteiger partial charge in [-0.25, -0.2) is 4.79 Å². The average molecular weight is 596 g/mol. The van der Waals surface area contributed by atoms with Crippen molar-refractivity contribution in [2.75, 3.05) is 5.75 Å². The van der Waals surface area contributed by atoms with Crippen molar-refractivity contribution in [3.63, 3.8) is 0 Å². The van der Waals surface area contributed by atoms with Crippen LogP contribution in [-0.2, 0) is 22.6 Å². The molecule has 43 heavy (non-hydrogen) atoms. The molecule has 2 heterocycles. The molecule has 8 nitrogen and oxygen atoms in total. The van der Waals surface area contributed by atoms with Crippen molar-refractivity contribution in [2.45, 2.75) is 43.0 Å². The summed E-state index contributed by atoms with van der Waals surface area (Å²) in [5, 5.41) is 18.6. The lowest BCUT2D eigenvalue weighted by Gasteiger charge is -2.36. The van der Waals surface area contributed by atoms with Gasteiger partial charge in [-0.2, -0.15) is 0 Å². The summed E-state index contributed by atoms with van der Waals surface area (Å²) in [6, 6.07) is 28.8. The molecule has 3 atom stereocenters. The number of carboxylic acid groups (broad SMARTS) is 1. The number of ether oxygens (including phenoxy) is 2. The summed E-state index contributed by atoms with van der Waals surface area (Å²) in [5.74, 6) is -0.916. The summed E-state index contributed by atoms with van der Waals surface area (Å²) >= 11 is 1.59. The number of benzene rings is 4. The summed E-state index contributed by atoms with van der Waals surface area (Å²) in [7, 11) is 0. The highest BCUT2D eigenvalue weighted by atomic mass is 32.2. The van der Waals surface area contributed by atoms with Crippen molar-refractivity contribution in [1.29, 1.82) is 0 Å². The Balaban J connectivity index is 1.17. The quantitative estimate of drug-likeness (QED) is 0.179. The Labute approximate surface area is 252 Å². The van der Waals surface area contributed by atoms with Crippen molar-refractivity contribution in [1.82, 2.24) is 4.90 Å². The molecule has 2 aliphatic heterocycles. The third-order valence-corrected chi connectivity index (χ3v) is 8.77. The Morgan fingerprint density at radius 3 is 2.00 bits per heavy atom. The van der Waals surface area contributed by atoms with Crippen LogP contribution in [0.5, 0.6) is 0 Å². The first-order valence-electron chi connectivity index (χ1n) is 13.9. The normalized spacial score (nSPS) is 19.8. The molecule has 0 spiro atoms. The molecule has 0 saturated carbocycles. The highest BCUT2D eigenvalue weighted by Gasteiger charge is 2.35. The summed E-state index contributed by atoms with van der Waals surface area (Å²) < 4.78 is 12.8. The first-order chi connectivity index (χ1) is 20.9. The van der Waals surface area contributed by atoms with Crippen molar-refractivity contribution in [2.24, 2.45) is 0 Å². The zero-order chi connectivity index (χ0) is 29.9. The van der Waals surface area contributed by atoms with E-state index < -0.39 is 12.3 Å². The van der Waals surface area contributed by atoms with Crippen LogP contribution in [0.1, 0.15) is 72.1 Å². The molecule has 0 bridgehead atoms. The van der Waals surface area contributed by atoms with E-state index in [9.17, 15) is 24.6 Å². The van der Waals surface area contributed by atoms with Gasteiger partial charge in [0.2, 0.25) is 0 Å². The van der Waals surface area contributed by atoms with E-state index in [1.165, 1.54) is 4.90 Å². The molecule has 6 rings (SSSR count). The van der Waals surface area contributed by atoms with E-state index in [1.54, 1.807) is 60.3 Å². The van der Waals surface area contributed by atoms with E-state index in [0.29, 0.717) is 23.3 Å². The van der Waals surface area contributed by atoms with Gasteiger partial charge in [-0.1, -0.05) is 60.7 Å². The number of carbonyl (C=O) groups is 3. The van der Waals surface area contributed by atoms with Gasteiger partial charge >= 0.3 is 5.97 Å². The fourth-order valence-electron chi connectivity index (χ4n) is 5.25. The number of hydrogen-bond acceptors (Lipinski definition) is 7. The predicted molar refractivity (Wildman–Crippen MR) is 160 cm³/mol. The van der Waals surface area contributed by atoms with E-state index in [-0.39, 0.29) is 42.7 Å². The van der Waals surface area contributed by atoms with Crippen molar-refractivity contribution in [3.8, 4) is 0 Å². The number of aliphatic hydroxyl groups excluding tert-OH is 1. The number of carbonyl (C=O) groups excluding carboxylic acids is 2. The summed E-state index contributed by atoms with van der Waals surface area (Å²) in [6.07, 6.45) is -0.440. The average Bonchev–Trinajstić information content (AvgIpc) is 3.29. The minimum atomic E-state index is -0.961. The number of carboxylic acids is 1. The Kier molecular flexibility index (Phi) is 8.40. The molecule has 3 unspecified atom stereocenters. The number of rotatable bonds is 9. The van der Waals surface area contributed by atoms with Crippen LogP contribution in [0.4, 0.5) is 0 Å². The van der Waals surface area contributed by atoms with Gasteiger partial charge in [-0.15, -0.1) is 11.8 Å². The molecule has 4 aromatic carbocycles. The van der Waals surface area contributed by atoms with Gasteiger partial charge in [0.1, 0.15) is 0 Å². The summed E-state index contributed by atoms with van der Waals surface area (Å²) in [5.41, 5.74) is 4.50. The van der Waals surface area contributed by atoms with Crippen LogP contribution in [0.3, 0.4) is 0 Å². The number of amides is 2. The topological polar surface area (TPSA) is 113 Å². The maximum absolute atomic E-state index is 12.8. The third-order valence-electron chi connectivity index (χ3n) is 7.62. The number of thioether (sulfide) groups is 1. The monoisotopic (exact) mass is 595 g/mol. The maximum Gasteiger partial charge on any atom is 0.335 e. The van der Waals surface area contributed by atoms with Crippen molar-refractivity contribution < 1.29 is 34.1 Å². The van der Waals surface area contributed by atoms with Gasteiger partial charge in [0.25, 0.3) is 11.8 Å². The van der Waals surface area contributed by atoms with Crippen LogP contribution >= 0.6 is 11.8 Å². The van der Waals surface area contributed by atoms with Gasteiger partial charge in [-0.3, -0.25) is 14.5 Å². The van der Waals surface area contributed by atoms with E-state index in [2.05, 4.69) is 0 Å². The fraction of sp³-hybridized carbons (Fsp3) is 0.206. The van der Waals surface area contributed by atoms with E-state index >= 15 is 0 Å². The van der Waals surface area contributed by atoms with Crippen LogP contribution in [0.2, 0.25) is 0 Å². The standard InChI is InChI=1S/C34H29NO7S/c36-19-22-7-9-23(10-8-22)30-17-26(20-43-27-15-13-24(14-16-27)33(39)40)41-34(42-30)25-11-5-21(6-12-25)18-35-31(37)28-3-1-2-4-29(28)32(35)38/h1-16,26,30,34,36H,17-20H2,(H,39,40). The molecule has 2 N–H and O–H groups in total. The molecule has 0 aromatic heterocycles. The van der Waals surface area contributed by atoms with Crippen molar-refractivity contribution >= 4 is 29.5 Å². The zero-order valence-corrected chi connectivity index (χ0v) is 23.9. The van der Waals surface area contributed by atoms with Crippen LogP contribution in [0.25, 0.3) is 0 Å². The second-order valence-corrected chi connectivity index (χ2v) is 11.6. The minimum Gasteiger partial charge on any atom is -0.478 e. The van der Waals surface area contributed by atoms with Gasteiger partial charge in [0.15, 0.2) is 6.29 Å². The lowest BCUT2D eigenvalue weighted by Crippen LogP contribution is -2.31. The number of aromatic carboxylic acids is 1. The van der Waals surface area contributed by atoms with E-state index in [0.717, 1.165) is 27.1 Å². The van der Waals surface area contributed by atoms with Crippen LogP contribution < -0.4 is 0 Å². The first kappa shape index (κ1) is 28.8. The maximum atomic E-state index is 12.8. The summed E-state index contributed by atoms with van der Waals surface area (Å²) in [6.45, 7) is 0.128. The highest BCUT2D eigenvalue weighted by Crippen LogP contribution is 2.39. The Morgan fingerprint density at radius 1 is 0.791 bits per heavy atom. The molecule has 0 aliphatic carbocycles. The lowest BCUT2D eigenvalue weighted by atomic mass is 10.0. The molecular weight excluding hydrogens is 566 g/mol. The summed E-state index contributed by atoms with van der Waals surface area (Å²) in [4.78, 5) is 39.0. The number of fused-ring (bicyclic) bond motifs is 1. The molecule has 2 aliphatic rings. The Hall–Kier alpha value is -4.28.